The van der Waals surface area contributed by atoms with E-state index in [4.69, 9.17) is 0 Å². The van der Waals surface area contributed by atoms with Gasteiger partial charge in [0.1, 0.15) is 0 Å². The summed E-state index contributed by atoms with van der Waals surface area (Å²) in [5, 5.41) is 3.46. The summed E-state index contributed by atoms with van der Waals surface area (Å²) in [5.74, 6) is -1.15. The van der Waals surface area contributed by atoms with E-state index in [1.807, 2.05) is 49.4 Å². The highest BCUT2D eigenvalue weighted by atomic mass is 16.2. The molecule has 3 rings (SSSR count). The number of benzene rings is 2. The van der Waals surface area contributed by atoms with E-state index < -0.39 is 11.7 Å². The number of hydrogen-bond acceptors (Lipinski definition) is 2. The molecule has 22 heavy (non-hydrogen) atoms. The number of carbonyl (C=O) groups is 2. The highest BCUT2D eigenvalue weighted by Crippen LogP contribution is 2.23. The average Bonchev–Trinajstić information content (AvgIpc) is 2.84. The highest BCUT2D eigenvalue weighted by molar-refractivity contribution is 6.48. The van der Waals surface area contributed by atoms with Crippen molar-refractivity contribution in [2.24, 2.45) is 0 Å². The van der Waals surface area contributed by atoms with Gasteiger partial charge in [-0.2, -0.15) is 0 Å². The zero-order valence-electron chi connectivity index (χ0n) is 12.4. The lowest BCUT2D eigenvalue weighted by molar-refractivity contribution is -0.112. The van der Waals surface area contributed by atoms with Gasteiger partial charge in [-0.1, -0.05) is 36.4 Å². The van der Waals surface area contributed by atoms with E-state index >= 15 is 0 Å². The molecule has 0 fully saturated rings. The third-order valence-corrected chi connectivity index (χ3v) is 3.72. The molecular weight excluding hydrogens is 276 g/mol. The van der Waals surface area contributed by atoms with Gasteiger partial charge < -0.3 is 10.3 Å². The molecular formula is C18H16N2O2. The summed E-state index contributed by atoms with van der Waals surface area (Å²) < 4.78 is 0. The topological polar surface area (TPSA) is 62.0 Å². The number of Topliss-reactive ketones (excluding diaryl/α,β-unsaturated/α-hetero) is 1. The van der Waals surface area contributed by atoms with Crippen molar-refractivity contribution >= 4 is 28.3 Å². The lowest BCUT2D eigenvalue weighted by Crippen LogP contribution is -2.23. The fourth-order valence-electron chi connectivity index (χ4n) is 2.57. The lowest BCUT2D eigenvalue weighted by Gasteiger charge is -2.07. The number of hydrogen-bond donors (Lipinski definition) is 2. The van der Waals surface area contributed by atoms with Gasteiger partial charge in [-0.05, 0) is 31.5 Å². The molecule has 0 aliphatic heterocycles. The number of H-pyrrole nitrogens is 1. The van der Waals surface area contributed by atoms with Crippen LogP contribution >= 0.6 is 0 Å². The van der Waals surface area contributed by atoms with Crippen molar-refractivity contribution in [1.29, 1.82) is 0 Å². The molecule has 0 aliphatic rings. The zero-order chi connectivity index (χ0) is 15.7. The minimum atomic E-state index is -0.623. The molecule has 0 bridgehead atoms. The average molecular weight is 292 g/mol. The minimum Gasteiger partial charge on any atom is -0.358 e. The molecule has 3 aromatic rings. The zero-order valence-corrected chi connectivity index (χ0v) is 12.4. The van der Waals surface area contributed by atoms with Gasteiger partial charge in [-0.15, -0.1) is 0 Å². The summed E-state index contributed by atoms with van der Waals surface area (Å²) in [6, 6.07) is 14.8. The van der Waals surface area contributed by atoms with Crippen LogP contribution in [-0.4, -0.2) is 16.7 Å². The second kappa shape index (κ2) is 5.48. The van der Waals surface area contributed by atoms with Gasteiger partial charge in [0.15, 0.2) is 0 Å². The van der Waals surface area contributed by atoms with Crippen LogP contribution in [0, 0.1) is 13.8 Å². The minimum absolute atomic E-state index is 0.432. The Morgan fingerprint density at radius 2 is 1.64 bits per heavy atom. The van der Waals surface area contributed by atoms with Crippen LogP contribution in [-0.2, 0) is 4.79 Å². The van der Waals surface area contributed by atoms with Crippen LogP contribution < -0.4 is 5.32 Å². The van der Waals surface area contributed by atoms with Crippen LogP contribution in [0.2, 0.25) is 0 Å². The molecule has 110 valence electrons. The van der Waals surface area contributed by atoms with E-state index in [1.54, 1.807) is 13.0 Å². The number of aromatic nitrogens is 1. The van der Waals surface area contributed by atoms with Crippen LogP contribution in [0.5, 0.6) is 0 Å². The summed E-state index contributed by atoms with van der Waals surface area (Å²) in [5.41, 5.74) is 3.55. The maximum absolute atomic E-state index is 12.5. The molecule has 0 saturated carbocycles. The summed E-state index contributed by atoms with van der Waals surface area (Å²) in [6.45, 7) is 3.69. The Morgan fingerprint density at radius 3 is 2.41 bits per heavy atom. The fraction of sp³-hybridized carbons (Fsp3) is 0.111. The van der Waals surface area contributed by atoms with Gasteiger partial charge in [-0.3, -0.25) is 9.59 Å². The number of nitrogens with one attached hydrogen (secondary N) is 2. The predicted octanol–water partition coefficient (Wildman–Crippen LogP) is 3.61. The van der Waals surface area contributed by atoms with E-state index in [2.05, 4.69) is 10.3 Å². The monoisotopic (exact) mass is 292 g/mol. The molecule has 1 aromatic heterocycles. The Hall–Kier alpha value is -2.88. The Labute approximate surface area is 128 Å². The third kappa shape index (κ3) is 2.39. The maximum atomic E-state index is 12.5. The number of fused-ring (bicyclic) bond motifs is 1. The van der Waals surface area contributed by atoms with Crippen LogP contribution in [0.3, 0.4) is 0 Å². The molecule has 0 atom stereocenters. The second-order valence-corrected chi connectivity index (χ2v) is 5.27. The van der Waals surface area contributed by atoms with Crippen LogP contribution in [0.4, 0.5) is 5.69 Å². The number of ketones is 1. The van der Waals surface area contributed by atoms with E-state index in [0.717, 1.165) is 16.5 Å². The molecule has 1 heterocycles. The number of amides is 1. The standard InChI is InChI=1S/C18H16N2O2/c1-11-7-3-5-9-14(11)20-18(22)17(21)16-12(2)19-15-10-6-4-8-13(15)16/h3-10,19H,1-2H3,(H,20,22). The maximum Gasteiger partial charge on any atom is 0.296 e. The van der Waals surface area contributed by atoms with E-state index in [-0.39, 0.29) is 0 Å². The van der Waals surface area contributed by atoms with Crippen LogP contribution in [0.25, 0.3) is 10.9 Å². The highest BCUT2D eigenvalue weighted by Gasteiger charge is 2.22. The normalized spacial score (nSPS) is 10.6. The van der Waals surface area contributed by atoms with Crippen LogP contribution in [0.15, 0.2) is 48.5 Å². The number of rotatable bonds is 3. The molecule has 4 nitrogen and oxygen atoms in total. The molecule has 2 N–H and O–H groups in total. The van der Waals surface area contributed by atoms with E-state index in [9.17, 15) is 9.59 Å². The largest absolute Gasteiger partial charge is 0.358 e. The van der Waals surface area contributed by atoms with Crippen molar-refractivity contribution in [3.05, 3.63) is 65.4 Å². The van der Waals surface area contributed by atoms with Crippen molar-refractivity contribution in [2.45, 2.75) is 13.8 Å². The first-order valence-corrected chi connectivity index (χ1v) is 7.06. The van der Waals surface area contributed by atoms with Crippen molar-refractivity contribution in [2.75, 3.05) is 5.32 Å². The van der Waals surface area contributed by atoms with Crippen molar-refractivity contribution in [3.63, 3.8) is 0 Å². The number of anilines is 1. The summed E-state index contributed by atoms with van der Waals surface area (Å²) in [6.07, 6.45) is 0. The first-order valence-electron chi connectivity index (χ1n) is 7.06. The molecule has 1 amide bonds. The molecule has 4 heteroatoms. The summed E-state index contributed by atoms with van der Waals surface area (Å²) in [7, 11) is 0. The Morgan fingerprint density at radius 1 is 0.955 bits per heavy atom. The first kappa shape index (κ1) is 14.1. The number of para-hydroxylation sites is 2. The van der Waals surface area contributed by atoms with Gasteiger partial charge in [-0.25, -0.2) is 0 Å². The van der Waals surface area contributed by atoms with Crippen molar-refractivity contribution in [3.8, 4) is 0 Å². The lowest BCUT2D eigenvalue weighted by atomic mass is 10.1. The Kier molecular flexibility index (Phi) is 3.51. The SMILES string of the molecule is Cc1ccccc1NC(=O)C(=O)c1c(C)[nH]c2ccccc12. The van der Waals surface area contributed by atoms with Gasteiger partial charge in [0.2, 0.25) is 0 Å². The van der Waals surface area contributed by atoms with Gasteiger partial charge in [0, 0.05) is 22.3 Å². The predicted molar refractivity (Wildman–Crippen MR) is 87.2 cm³/mol. The van der Waals surface area contributed by atoms with Gasteiger partial charge in [0.05, 0.1) is 5.56 Å². The van der Waals surface area contributed by atoms with E-state index in [1.165, 1.54) is 0 Å². The molecule has 0 spiro atoms. The summed E-state index contributed by atoms with van der Waals surface area (Å²) in [4.78, 5) is 27.9. The Balaban J connectivity index is 1.94. The fourth-order valence-corrected chi connectivity index (χ4v) is 2.57. The molecule has 0 radical (unpaired) electrons. The van der Waals surface area contributed by atoms with Crippen molar-refractivity contribution < 1.29 is 9.59 Å². The molecule has 0 unspecified atom stereocenters. The molecule has 0 aliphatic carbocycles. The second-order valence-electron chi connectivity index (χ2n) is 5.27. The summed E-state index contributed by atoms with van der Waals surface area (Å²) >= 11 is 0. The van der Waals surface area contributed by atoms with Gasteiger partial charge >= 0.3 is 0 Å². The number of aryl methyl sites for hydroxylation is 2. The quantitative estimate of drug-likeness (QED) is 0.572. The molecule has 0 saturated heterocycles. The third-order valence-electron chi connectivity index (χ3n) is 3.72. The smallest absolute Gasteiger partial charge is 0.296 e. The Bertz CT molecular complexity index is 878. The van der Waals surface area contributed by atoms with Crippen molar-refractivity contribution in [1.82, 2.24) is 4.98 Å². The van der Waals surface area contributed by atoms with Crippen LogP contribution in [0.1, 0.15) is 21.6 Å². The molecule has 2 aromatic carbocycles. The number of aromatic amines is 1. The first-order chi connectivity index (χ1) is 10.6. The van der Waals surface area contributed by atoms with Gasteiger partial charge in [0.25, 0.3) is 11.7 Å². The number of carbonyl (C=O) groups excluding carboxylic acids is 2. The van der Waals surface area contributed by atoms with E-state index in [0.29, 0.717) is 16.9 Å².